The molecular weight excluding hydrogens is 184 g/mol. The first-order valence-electron chi connectivity index (χ1n) is 6.16. The van der Waals surface area contributed by atoms with E-state index in [2.05, 4.69) is 31.0 Å². The highest BCUT2D eigenvalue weighted by molar-refractivity contribution is 5.39. The van der Waals surface area contributed by atoms with E-state index in [9.17, 15) is 0 Å². The van der Waals surface area contributed by atoms with E-state index in [1.165, 1.54) is 42.6 Å². The fraction of sp³-hybridized carbons (Fsp3) is 0.769. The van der Waals surface area contributed by atoms with Crippen molar-refractivity contribution in [1.29, 1.82) is 0 Å². The first kappa shape index (κ1) is 9.44. The van der Waals surface area contributed by atoms with Crippen molar-refractivity contribution in [2.45, 2.75) is 63.7 Å². The first-order chi connectivity index (χ1) is 7.07. The van der Waals surface area contributed by atoms with Crippen LogP contribution in [0.2, 0.25) is 0 Å². The molecule has 82 valence electrons. The van der Waals surface area contributed by atoms with E-state index < -0.39 is 0 Å². The molecule has 3 rings (SSSR count). The number of hydrogen-bond acceptors (Lipinski definition) is 1. The lowest BCUT2D eigenvalue weighted by Crippen LogP contribution is -2.15. The number of nitrogens with zero attached hydrogens (tertiary/aromatic N) is 1. The molecule has 0 aliphatic heterocycles. The van der Waals surface area contributed by atoms with Crippen LogP contribution in [0.1, 0.15) is 75.2 Å². The van der Waals surface area contributed by atoms with Crippen molar-refractivity contribution in [1.82, 2.24) is 10.2 Å². The number of rotatable bonds is 2. The van der Waals surface area contributed by atoms with E-state index in [0.29, 0.717) is 0 Å². The third kappa shape index (κ3) is 1.60. The van der Waals surface area contributed by atoms with Crippen LogP contribution >= 0.6 is 0 Å². The molecule has 2 aliphatic carbocycles. The number of aromatic amines is 1. The smallest absolute Gasteiger partial charge is 0.0693 e. The highest BCUT2D eigenvalue weighted by atomic mass is 15.1. The summed E-state index contributed by atoms with van der Waals surface area (Å²) in [5.74, 6) is 1.56. The van der Waals surface area contributed by atoms with E-state index in [4.69, 9.17) is 0 Å². The molecule has 2 heteroatoms. The van der Waals surface area contributed by atoms with Crippen molar-refractivity contribution in [3.8, 4) is 0 Å². The summed E-state index contributed by atoms with van der Waals surface area (Å²) in [6, 6.07) is 0. The monoisotopic (exact) mass is 204 g/mol. The fourth-order valence-electron chi connectivity index (χ4n) is 2.48. The third-order valence-corrected chi connectivity index (χ3v) is 3.52. The van der Waals surface area contributed by atoms with Gasteiger partial charge in [0.25, 0.3) is 0 Å². The molecule has 0 saturated heterocycles. The van der Waals surface area contributed by atoms with Crippen LogP contribution in [0.3, 0.4) is 0 Å². The zero-order valence-electron chi connectivity index (χ0n) is 9.93. The van der Waals surface area contributed by atoms with Crippen molar-refractivity contribution >= 4 is 0 Å². The number of H-pyrrole nitrogens is 1. The molecule has 2 saturated carbocycles. The summed E-state index contributed by atoms with van der Waals surface area (Å²) < 4.78 is 0. The lowest BCUT2D eigenvalue weighted by molar-refractivity contribution is 0.575. The van der Waals surface area contributed by atoms with Crippen molar-refractivity contribution in [2.75, 3.05) is 0 Å². The van der Waals surface area contributed by atoms with Crippen LogP contribution in [0, 0.1) is 0 Å². The molecule has 0 spiro atoms. The molecule has 1 aromatic heterocycles. The van der Waals surface area contributed by atoms with Gasteiger partial charge in [0, 0.05) is 23.1 Å². The van der Waals surface area contributed by atoms with Gasteiger partial charge in [0.1, 0.15) is 0 Å². The standard InChI is InChI=1S/C13H20N2/c1-13(2,3)10-11(8-4-5-8)14-15-12(10)9-6-7-9/h8-9H,4-7H2,1-3H3,(H,14,15). The molecular formula is C13H20N2. The number of hydrogen-bond donors (Lipinski definition) is 1. The molecule has 2 aliphatic rings. The SMILES string of the molecule is CC(C)(C)c1c(C2CC2)n[nH]c1C1CC1. The highest BCUT2D eigenvalue weighted by Crippen LogP contribution is 2.49. The van der Waals surface area contributed by atoms with E-state index in [-0.39, 0.29) is 5.41 Å². The van der Waals surface area contributed by atoms with Crippen LogP contribution in [-0.2, 0) is 5.41 Å². The Labute approximate surface area is 91.5 Å². The minimum absolute atomic E-state index is 0.253. The second kappa shape index (κ2) is 2.87. The Morgan fingerprint density at radius 2 is 1.67 bits per heavy atom. The number of aromatic nitrogens is 2. The normalized spacial score (nSPS) is 22.1. The molecule has 0 atom stereocenters. The van der Waals surface area contributed by atoms with E-state index in [1.54, 1.807) is 0 Å². The van der Waals surface area contributed by atoms with Gasteiger partial charge in [0.2, 0.25) is 0 Å². The zero-order valence-corrected chi connectivity index (χ0v) is 9.93. The maximum Gasteiger partial charge on any atom is 0.0693 e. The Bertz CT molecular complexity index is 346. The first-order valence-corrected chi connectivity index (χ1v) is 6.16. The fourth-order valence-corrected chi connectivity index (χ4v) is 2.48. The van der Waals surface area contributed by atoms with Gasteiger partial charge in [0.15, 0.2) is 0 Å². The van der Waals surface area contributed by atoms with E-state index >= 15 is 0 Å². The Hall–Kier alpha value is -0.790. The maximum atomic E-state index is 4.58. The second-order valence-electron chi connectivity index (χ2n) is 6.20. The molecule has 0 unspecified atom stereocenters. The van der Waals surface area contributed by atoms with Crippen LogP contribution in [0.15, 0.2) is 0 Å². The van der Waals surface area contributed by atoms with E-state index in [0.717, 1.165) is 11.8 Å². The summed E-state index contributed by atoms with van der Waals surface area (Å²) in [7, 11) is 0. The average Bonchev–Trinajstić information content (AvgIpc) is 3.02. The molecule has 0 bridgehead atoms. The molecule has 1 heterocycles. The van der Waals surface area contributed by atoms with Crippen LogP contribution in [0.4, 0.5) is 0 Å². The van der Waals surface area contributed by atoms with Gasteiger partial charge in [-0.2, -0.15) is 5.10 Å². The van der Waals surface area contributed by atoms with Crippen molar-refractivity contribution in [2.24, 2.45) is 0 Å². The predicted octanol–water partition coefficient (Wildman–Crippen LogP) is 3.46. The van der Waals surface area contributed by atoms with Gasteiger partial charge >= 0.3 is 0 Å². The van der Waals surface area contributed by atoms with Gasteiger partial charge in [0.05, 0.1) is 5.69 Å². The van der Waals surface area contributed by atoms with Gasteiger partial charge in [-0.25, -0.2) is 0 Å². The molecule has 0 radical (unpaired) electrons. The summed E-state index contributed by atoms with van der Waals surface area (Å²) in [5, 5.41) is 7.90. The Balaban J connectivity index is 2.07. The van der Waals surface area contributed by atoms with Crippen molar-refractivity contribution in [3.63, 3.8) is 0 Å². The molecule has 0 aromatic carbocycles. The molecule has 1 aromatic rings. The quantitative estimate of drug-likeness (QED) is 0.785. The highest BCUT2D eigenvalue weighted by Gasteiger charge is 2.38. The van der Waals surface area contributed by atoms with Gasteiger partial charge in [-0.15, -0.1) is 0 Å². The Kier molecular flexibility index (Phi) is 1.80. The molecule has 15 heavy (non-hydrogen) atoms. The predicted molar refractivity (Wildman–Crippen MR) is 61.2 cm³/mol. The molecule has 2 fully saturated rings. The van der Waals surface area contributed by atoms with E-state index in [1.807, 2.05) is 0 Å². The minimum Gasteiger partial charge on any atom is -0.282 e. The molecule has 0 amide bonds. The van der Waals surface area contributed by atoms with Crippen molar-refractivity contribution in [3.05, 3.63) is 17.0 Å². The summed E-state index contributed by atoms with van der Waals surface area (Å²) in [5.41, 5.74) is 4.62. The zero-order chi connectivity index (χ0) is 10.6. The summed E-state index contributed by atoms with van der Waals surface area (Å²) in [6.07, 6.45) is 5.40. The molecule has 1 N–H and O–H groups in total. The Morgan fingerprint density at radius 1 is 1.07 bits per heavy atom. The third-order valence-electron chi connectivity index (χ3n) is 3.52. The van der Waals surface area contributed by atoms with Crippen LogP contribution in [-0.4, -0.2) is 10.2 Å². The average molecular weight is 204 g/mol. The van der Waals surface area contributed by atoms with Gasteiger partial charge in [-0.3, -0.25) is 5.10 Å². The summed E-state index contributed by atoms with van der Waals surface area (Å²) in [4.78, 5) is 0. The van der Waals surface area contributed by atoms with Crippen LogP contribution < -0.4 is 0 Å². The lowest BCUT2D eigenvalue weighted by Gasteiger charge is -2.20. The van der Waals surface area contributed by atoms with Gasteiger partial charge in [-0.1, -0.05) is 20.8 Å². The van der Waals surface area contributed by atoms with Gasteiger partial charge < -0.3 is 0 Å². The molecule has 2 nitrogen and oxygen atoms in total. The Morgan fingerprint density at radius 3 is 2.13 bits per heavy atom. The summed E-state index contributed by atoms with van der Waals surface area (Å²) >= 11 is 0. The minimum atomic E-state index is 0.253. The second-order valence-corrected chi connectivity index (χ2v) is 6.20. The topological polar surface area (TPSA) is 28.7 Å². The van der Waals surface area contributed by atoms with Crippen LogP contribution in [0.25, 0.3) is 0 Å². The maximum absolute atomic E-state index is 4.58. The lowest BCUT2D eigenvalue weighted by atomic mass is 9.83. The largest absolute Gasteiger partial charge is 0.282 e. The summed E-state index contributed by atoms with van der Waals surface area (Å²) in [6.45, 7) is 6.95. The van der Waals surface area contributed by atoms with Crippen LogP contribution in [0.5, 0.6) is 0 Å². The number of nitrogens with one attached hydrogen (secondary N) is 1. The van der Waals surface area contributed by atoms with Gasteiger partial charge in [-0.05, 0) is 31.1 Å². The van der Waals surface area contributed by atoms with Crippen molar-refractivity contribution < 1.29 is 0 Å².